The van der Waals surface area contributed by atoms with E-state index in [0.717, 1.165) is 5.82 Å². The second-order valence-corrected chi connectivity index (χ2v) is 1.74. The van der Waals surface area contributed by atoms with Crippen LogP contribution in [0.15, 0.2) is 17.5 Å². The van der Waals surface area contributed by atoms with Crippen LogP contribution in [0.25, 0.3) is 10.4 Å². The third-order valence-electron chi connectivity index (χ3n) is 1.07. The highest BCUT2D eigenvalue weighted by atomic mass is 15.1. The van der Waals surface area contributed by atoms with E-state index in [0.29, 0.717) is 13.0 Å². The Morgan fingerprint density at radius 2 is 2.55 bits per heavy atom. The van der Waals surface area contributed by atoms with E-state index in [4.69, 9.17) is 5.53 Å². The lowest BCUT2D eigenvalue weighted by Gasteiger charge is -1.86. The predicted octanol–water partition coefficient (Wildman–Crippen LogP) is 1.90. The van der Waals surface area contributed by atoms with Crippen LogP contribution in [0.4, 0.5) is 0 Å². The first-order valence-corrected chi connectivity index (χ1v) is 2.92. The molecule has 1 rings (SSSR count). The van der Waals surface area contributed by atoms with E-state index in [1.807, 2.05) is 0 Å². The van der Waals surface area contributed by atoms with Crippen LogP contribution < -0.4 is 0 Å². The van der Waals surface area contributed by atoms with Crippen molar-refractivity contribution in [3.63, 3.8) is 0 Å². The smallest absolute Gasteiger partial charge is 0.106 e. The summed E-state index contributed by atoms with van der Waals surface area (Å²) in [5.74, 6) is 0.854. The minimum absolute atomic E-state index is 0. The first-order valence-electron chi connectivity index (χ1n) is 2.92. The van der Waals surface area contributed by atoms with Gasteiger partial charge >= 0.3 is 0 Å². The third-order valence-corrected chi connectivity index (χ3v) is 1.07. The van der Waals surface area contributed by atoms with Crippen molar-refractivity contribution in [3.8, 4) is 0 Å². The fraction of sp³-hybridized carbons (Fsp3) is 0.500. The summed E-state index contributed by atoms with van der Waals surface area (Å²) in [6, 6.07) is 0. The molecular formula is C6H11N5. The second kappa shape index (κ2) is 5.32. The Bertz CT molecular complexity index is 221. The summed E-state index contributed by atoms with van der Waals surface area (Å²) in [5, 5.41) is 3.37. The van der Waals surface area contributed by atoms with E-state index < -0.39 is 0 Å². The number of aromatic nitrogens is 2. The molecule has 5 nitrogen and oxygen atoms in total. The summed E-state index contributed by atoms with van der Waals surface area (Å²) in [4.78, 5) is 9.47. The molecule has 0 unspecified atom stereocenters. The first kappa shape index (κ1) is 9.52. The first-order chi connectivity index (χ1) is 4.93. The van der Waals surface area contributed by atoms with Crippen molar-refractivity contribution in [1.82, 2.24) is 9.97 Å². The normalized spacial score (nSPS) is 8.00. The van der Waals surface area contributed by atoms with Crippen molar-refractivity contribution < 1.29 is 0 Å². The van der Waals surface area contributed by atoms with Crippen LogP contribution >= 0.6 is 0 Å². The zero-order valence-electron chi connectivity index (χ0n) is 5.36. The number of rotatable bonds is 3. The van der Waals surface area contributed by atoms with Gasteiger partial charge in [-0.25, -0.2) is 4.98 Å². The highest BCUT2D eigenvalue weighted by Gasteiger charge is 1.89. The number of aromatic amines is 1. The van der Waals surface area contributed by atoms with Crippen LogP contribution in [0.5, 0.6) is 0 Å². The van der Waals surface area contributed by atoms with Crippen molar-refractivity contribution >= 4 is 0 Å². The maximum absolute atomic E-state index is 7.92. The standard InChI is InChI=1S/C5H7N5.CH4/c6-10-9-2-1-5-7-3-4-8-5;/h3-4H,1-2H2,(H,7,8);1H4. The van der Waals surface area contributed by atoms with Crippen LogP contribution in [0.2, 0.25) is 0 Å². The Hall–Kier alpha value is -1.48. The van der Waals surface area contributed by atoms with Gasteiger partial charge in [0.25, 0.3) is 0 Å². The average molecular weight is 153 g/mol. The zero-order valence-corrected chi connectivity index (χ0v) is 5.36. The second-order valence-electron chi connectivity index (χ2n) is 1.74. The van der Waals surface area contributed by atoms with Crippen molar-refractivity contribution in [1.29, 1.82) is 0 Å². The monoisotopic (exact) mass is 153 g/mol. The molecule has 1 N–H and O–H groups in total. The molecule has 0 fully saturated rings. The molecular weight excluding hydrogens is 142 g/mol. The Morgan fingerprint density at radius 3 is 3.09 bits per heavy atom. The minimum Gasteiger partial charge on any atom is -0.349 e. The predicted molar refractivity (Wildman–Crippen MR) is 43.0 cm³/mol. The number of H-pyrrole nitrogens is 1. The quantitative estimate of drug-likeness (QED) is 0.401. The van der Waals surface area contributed by atoms with E-state index in [-0.39, 0.29) is 7.43 Å². The van der Waals surface area contributed by atoms with E-state index in [1.165, 1.54) is 0 Å². The van der Waals surface area contributed by atoms with Crippen LogP contribution in [-0.4, -0.2) is 16.5 Å². The molecule has 0 aromatic carbocycles. The number of nitrogens with zero attached hydrogens (tertiary/aromatic N) is 4. The highest BCUT2D eigenvalue weighted by Crippen LogP contribution is 1.89. The van der Waals surface area contributed by atoms with Gasteiger partial charge in [0.2, 0.25) is 0 Å². The van der Waals surface area contributed by atoms with Gasteiger partial charge in [0.05, 0.1) is 0 Å². The fourth-order valence-electron chi connectivity index (χ4n) is 0.635. The molecule has 0 spiro atoms. The number of nitrogens with one attached hydrogen (secondary N) is 1. The van der Waals surface area contributed by atoms with Gasteiger partial charge in [-0.3, -0.25) is 0 Å². The number of imidazole rings is 1. The largest absolute Gasteiger partial charge is 0.349 e. The van der Waals surface area contributed by atoms with Crippen LogP contribution in [0, 0.1) is 0 Å². The maximum atomic E-state index is 7.92. The molecule has 0 saturated carbocycles. The van der Waals surface area contributed by atoms with Crippen molar-refractivity contribution in [2.24, 2.45) is 5.11 Å². The summed E-state index contributed by atoms with van der Waals surface area (Å²) < 4.78 is 0. The van der Waals surface area contributed by atoms with Gasteiger partial charge in [0.1, 0.15) is 5.82 Å². The zero-order chi connectivity index (χ0) is 7.23. The molecule has 1 aromatic heterocycles. The van der Waals surface area contributed by atoms with Crippen molar-refractivity contribution in [3.05, 3.63) is 28.7 Å². The molecule has 0 saturated heterocycles. The molecule has 1 heterocycles. The van der Waals surface area contributed by atoms with Gasteiger partial charge in [-0.2, -0.15) is 0 Å². The fourth-order valence-corrected chi connectivity index (χ4v) is 0.635. The molecule has 0 aliphatic rings. The molecule has 0 amide bonds. The Morgan fingerprint density at radius 1 is 1.73 bits per heavy atom. The van der Waals surface area contributed by atoms with E-state index in [9.17, 15) is 0 Å². The lowest BCUT2D eigenvalue weighted by Crippen LogP contribution is -1.89. The van der Waals surface area contributed by atoms with Gasteiger partial charge in [0, 0.05) is 30.3 Å². The Labute approximate surface area is 65.1 Å². The average Bonchev–Trinajstić information content (AvgIpc) is 2.41. The summed E-state index contributed by atoms with van der Waals surface area (Å²) >= 11 is 0. The summed E-state index contributed by atoms with van der Waals surface area (Å²) in [5.41, 5.74) is 7.92. The van der Waals surface area contributed by atoms with Gasteiger partial charge in [0.15, 0.2) is 0 Å². The van der Waals surface area contributed by atoms with E-state index in [2.05, 4.69) is 20.0 Å². The minimum atomic E-state index is 0. The van der Waals surface area contributed by atoms with Gasteiger partial charge in [-0.1, -0.05) is 12.5 Å². The highest BCUT2D eigenvalue weighted by molar-refractivity contribution is 4.87. The number of hydrogen-bond acceptors (Lipinski definition) is 2. The van der Waals surface area contributed by atoms with Gasteiger partial charge in [-0.15, -0.1) is 0 Å². The summed E-state index contributed by atoms with van der Waals surface area (Å²) in [6.45, 7) is 0.462. The summed E-state index contributed by atoms with van der Waals surface area (Å²) in [6.07, 6.45) is 4.09. The van der Waals surface area contributed by atoms with Gasteiger partial charge < -0.3 is 4.98 Å². The van der Waals surface area contributed by atoms with Crippen molar-refractivity contribution in [2.75, 3.05) is 6.54 Å². The molecule has 1 aromatic rings. The molecule has 0 aliphatic heterocycles. The Kier molecular flexibility index (Phi) is 4.60. The SMILES string of the molecule is C.[N-]=[N+]=NCCc1ncc[nH]1. The number of hydrogen-bond donors (Lipinski definition) is 1. The Balaban J connectivity index is 0.000001000. The van der Waals surface area contributed by atoms with E-state index in [1.54, 1.807) is 12.4 Å². The molecule has 0 bridgehead atoms. The van der Waals surface area contributed by atoms with Crippen LogP contribution in [0.3, 0.4) is 0 Å². The molecule has 5 heteroatoms. The summed E-state index contributed by atoms with van der Waals surface area (Å²) in [7, 11) is 0. The lowest BCUT2D eigenvalue weighted by atomic mass is 10.4. The lowest BCUT2D eigenvalue weighted by molar-refractivity contribution is 0.887. The molecule has 0 atom stereocenters. The number of azide groups is 1. The molecule has 0 aliphatic carbocycles. The van der Waals surface area contributed by atoms with E-state index >= 15 is 0 Å². The molecule has 60 valence electrons. The van der Waals surface area contributed by atoms with Crippen LogP contribution in [0.1, 0.15) is 13.3 Å². The van der Waals surface area contributed by atoms with Gasteiger partial charge in [-0.05, 0) is 5.53 Å². The maximum Gasteiger partial charge on any atom is 0.106 e. The topological polar surface area (TPSA) is 77.4 Å². The third kappa shape index (κ3) is 3.27. The van der Waals surface area contributed by atoms with Crippen LogP contribution in [-0.2, 0) is 6.42 Å². The van der Waals surface area contributed by atoms with Crippen molar-refractivity contribution in [2.45, 2.75) is 13.8 Å². The molecule has 11 heavy (non-hydrogen) atoms. The molecule has 0 radical (unpaired) electrons.